The monoisotopic (exact) mass is 214 g/mol. The van der Waals surface area contributed by atoms with Crippen LogP contribution in [0.4, 0.5) is 4.79 Å². The van der Waals surface area contributed by atoms with Crippen LogP contribution in [0.25, 0.3) is 0 Å². The van der Waals surface area contributed by atoms with Gasteiger partial charge in [-0.15, -0.1) is 6.58 Å². The average Bonchev–Trinajstić information content (AvgIpc) is 2.25. The molecule has 0 aliphatic heterocycles. The zero-order valence-corrected chi connectivity index (χ0v) is 9.62. The second-order valence-corrected chi connectivity index (χ2v) is 3.52. The van der Waals surface area contributed by atoms with E-state index in [1.54, 1.807) is 6.08 Å². The van der Waals surface area contributed by atoms with E-state index in [9.17, 15) is 9.90 Å². The van der Waals surface area contributed by atoms with Crippen molar-refractivity contribution in [2.75, 3.05) is 13.1 Å². The molecule has 2 amide bonds. The van der Waals surface area contributed by atoms with Crippen molar-refractivity contribution in [3.63, 3.8) is 0 Å². The maximum Gasteiger partial charge on any atom is 0.315 e. The quantitative estimate of drug-likeness (QED) is 0.559. The van der Waals surface area contributed by atoms with E-state index >= 15 is 0 Å². The van der Waals surface area contributed by atoms with E-state index in [2.05, 4.69) is 17.2 Å². The van der Waals surface area contributed by atoms with Gasteiger partial charge >= 0.3 is 6.03 Å². The van der Waals surface area contributed by atoms with Gasteiger partial charge in [0.2, 0.25) is 0 Å². The zero-order valence-electron chi connectivity index (χ0n) is 9.62. The number of urea groups is 1. The summed E-state index contributed by atoms with van der Waals surface area (Å²) in [5.41, 5.74) is 0. The molecule has 0 aromatic heterocycles. The largest absolute Gasteiger partial charge is 0.391 e. The Morgan fingerprint density at radius 2 is 2.00 bits per heavy atom. The molecule has 88 valence electrons. The minimum absolute atomic E-state index is 0.254. The number of hydrogen-bond donors (Lipinski definition) is 3. The first-order valence-corrected chi connectivity index (χ1v) is 5.46. The molecule has 1 unspecified atom stereocenters. The van der Waals surface area contributed by atoms with E-state index in [4.69, 9.17) is 0 Å². The molecule has 0 aliphatic rings. The predicted octanol–water partition coefficient (Wildman–Crippen LogP) is 1.27. The highest BCUT2D eigenvalue weighted by Crippen LogP contribution is 2.11. The first-order valence-electron chi connectivity index (χ1n) is 5.46. The Hall–Kier alpha value is -1.03. The van der Waals surface area contributed by atoms with Crippen LogP contribution in [0.1, 0.15) is 26.7 Å². The molecule has 0 rings (SSSR count). The highest BCUT2D eigenvalue weighted by Gasteiger charge is 2.15. The van der Waals surface area contributed by atoms with Crippen LogP contribution in [0.15, 0.2) is 12.7 Å². The molecule has 0 aliphatic carbocycles. The van der Waals surface area contributed by atoms with Gasteiger partial charge in [0.15, 0.2) is 0 Å². The third-order valence-corrected chi connectivity index (χ3v) is 2.47. The second-order valence-electron chi connectivity index (χ2n) is 3.52. The van der Waals surface area contributed by atoms with Crippen LogP contribution in [-0.4, -0.2) is 30.3 Å². The summed E-state index contributed by atoms with van der Waals surface area (Å²) in [6.07, 6.45) is 2.99. The molecule has 0 fully saturated rings. The zero-order chi connectivity index (χ0) is 11.7. The van der Waals surface area contributed by atoms with Gasteiger partial charge in [-0.05, 0) is 5.92 Å². The van der Waals surface area contributed by atoms with E-state index in [-0.39, 0.29) is 11.9 Å². The summed E-state index contributed by atoms with van der Waals surface area (Å²) in [6, 6.07) is -0.264. The summed E-state index contributed by atoms with van der Waals surface area (Å²) in [6.45, 7) is 8.30. The number of amides is 2. The first kappa shape index (κ1) is 14.0. The maximum atomic E-state index is 11.1. The molecule has 4 heteroatoms. The summed E-state index contributed by atoms with van der Waals surface area (Å²) in [7, 11) is 0. The van der Waals surface area contributed by atoms with Gasteiger partial charge in [0.25, 0.3) is 0 Å². The fraction of sp³-hybridized carbons (Fsp3) is 0.727. The predicted molar refractivity (Wildman–Crippen MR) is 61.7 cm³/mol. The molecule has 3 N–H and O–H groups in total. The molecule has 0 radical (unpaired) electrons. The number of carbonyl (C=O) groups is 1. The van der Waals surface area contributed by atoms with Gasteiger partial charge in [-0.1, -0.05) is 32.8 Å². The lowest BCUT2D eigenvalue weighted by Gasteiger charge is -2.20. The smallest absolute Gasteiger partial charge is 0.315 e. The van der Waals surface area contributed by atoms with Crippen molar-refractivity contribution in [3.8, 4) is 0 Å². The first-order chi connectivity index (χ1) is 7.15. The minimum Gasteiger partial charge on any atom is -0.391 e. The topological polar surface area (TPSA) is 61.4 Å². The lowest BCUT2D eigenvalue weighted by atomic mass is 9.97. The van der Waals surface area contributed by atoms with Crippen molar-refractivity contribution in [3.05, 3.63) is 12.7 Å². The van der Waals surface area contributed by atoms with Crippen LogP contribution in [-0.2, 0) is 0 Å². The van der Waals surface area contributed by atoms with Crippen LogP contribution in [0.5, 0.6) is 0 Å². The minimum atomic E-state index is -0.463. The van der Waals surface area contributed by atoms with Crippen molar-refractivity contribution in [2.45, 2.75) is 32.8 Å². The summed E-state index contributed by atoms with van der Waals surface area (Å²) < 4.78 is 0. The van der Waals surface area contributed by atoms with Gasteiger partial charge in [0.05, 0.1) is 6.10 Å². The molecular formula is C11H22N2O2. The van der Waals surface area contributed by atoms with Crippen molar-refractivity contribution >= 4 is 6.03 Å². The van der Waals surface area contributed by atoms with Crippen molar-refractivity contribution < 1.29 is 9.90 Å². The SMILES string of the molecule is C=CCNC(=O)NCC(O)C(CC)CC. The van der Waals surface area contributed by atoms with Gasteiger partial charge in [-0.3, -0.25) is 0 Å². The Morgan fingerprint density at radius 1 is 1.40 bits per heavy atom. The van der Waals surface area contributed by atoms with Crippen LogP contribution in [0.3, 0.4) is 0 Å². The van der Waals surface area contributed by atoms with Crippen LogP contribution in [0.2, 0.25) is 0 Å². The van der Waals surface area contributed by atoms with Gasteiger partial charge in [0, 0.05) is 13.1 Å². The number of aliphatic hydroxyl groups is 1. The summed E-state index contributed by atoms with van der Waals surface area (Å²) in [5.74, 6) is 0.254. The van der Waals surface area contributed by atoms with Gasteiger partial charge in [-0.25, -0.2) is 4.79 Å². The Morgan fingerprint density at radius 3 is 2.47 bits per heavy atom. The van der Waals surface area contributed by atoms with E-state index in [0.717, 1.165) is 12.8 Å². The molecule has 0 saturated carbocycles. The average molecular weight is 214 g/mol. The number of nitrogens with one attached hydrogen (secondary N) is 2. The number of hydrogen-bond acceptors (Lipinski definition) is 2. The Kier molecular flexibility index (Phi) is 7.72. The van der Waals surface area contributed by atoms with Crippen LogP contribution < -0.4 is 10.6 Å². The normalized spacial score (nSPS) is 12.3. The molecule has 4 nitrogen and oxygen atoms in total. The molecule has 15 heavy (non-hydrogen) atoms. The fourth-order valence-corrected chi connectivity index (χ4v) is 1.42. The van der Waals surface area contributed by atoms with Crippen molar-refractivity contribution in [2.24, 2.45) is 5.92 Å². The number of rotatable bonds is 7. The molecule has 0 heterocycles. The third-order valence-electron chi connectivity index (χ3n) is 2.47. The summed E-state index contributed by atoms with van der Waals surface area (Å²) in [4.78, 5) is 11.1. The van der Waals surface area contributed by atoms with E-state index in [0.29, 0.717) is 13.1 Å². The van der Waals surface area contributed by atoms with Crippen LogP contribution >= 0.6 is 0 Å². The molecular weight excluding hydrogens is 192 g/mol. The van der Waals surface area contributed by atoms with Gasteiger partial charge < -0.3 is 15.7 Å². The van der Waals surface area contributed by atoms with Crippen molar-refractivity contribution in [1.29, 1.82) is 0 Å². The highest BCUT2D eigenvalue weighted by atomic mass is 16.3. The molecule has 1 atom stereocenters. The van der Waals surface area contributed by atoms with E-state index in [1.807, 2.05) is 13.8 Å². The van der Waals surface area contributed by atoms with Crippen molar-refractivity contribution in [1.82, 2.24) is 10.6 Å². The van der Waals surface area contributed by atoms with Crippen LogP contribution in [0, 0.1) is 5.92 Å². The maximum absolute atomic E-state index is 11.1. The van der Waals surface area contributed by atoms with E-state index in [1.165, 1.54) is 0 Å². The number of aliphatic hydroxyl groups excluding tert-OH is 1. The molecule has 0 spiro atoms. The fourth-order valence-electron chi connectivity index (χ4n) is 1.42. The lowest BCUT2D eigenvalue weighted by Crippen LogP contribution is -2.41. The van der Waals surface area contributed by atoms with Gasteiger partial charge in [-0.2, -0.15) is 0 Å². The van der Waals surface area contributed by atoms with E-state index < -0.39 is 6.10 Å². The number of carbonyl (C=O) groups excluding carboxylic acids is 1. The van der Waals surface area contributed by atoms with Gasteiger partial charge in [0.1, 0.15) is 0 Å². The molecule has 0 saturated heterocycles. The molecule has 0 aromatic carbocycles. The lowest BCUT2D eigenvalue weighted by molar-refractivity contribution is 0.103. The third kappa shape index (κ3) is 6.12. The summed E-state index contributed by atoms with van der Waals surface area (Å²) in [5, 5.41) is 14.9. The molecule has 0 bridgehead atoms. The molecule has 0 aromatic rings. The Balaban J connectivity index is 3.73. The standard InChI is InChI=1S/C11H22N2O2/c1-4-7-12-11(15)13-8-10(14)9(5-2)6-3/h4,9-10,14H,1,5-8H2,2-3H3,(H2,12,13,15). The summed E-state index contributed by atoms with van der Waals surface area (Å²) >= 11 is 0. The Bertz CT molecular complexity index is 191. The second kappa shape index (κ2) is 8.29. The Labute approximate surface area is 91.8 Å². The highest BCUT2D eigenvalue weighted by molar-refractivity contribution is 5.73.